The van der Waals surface area contributed by atoms with Crippen molar-refractivity contribution in [3.8, 4) is 0 Å². The van der Waals surface area contributed by atoms with E-state index in [0.29, 0.717) is 0 Å². The van der Waals surface area contributed by atoms with Crippen LogP contribution in [0.1, 0.15) is 23.5 Å². The second-order valence-electron chi connectivity index (χ2n) is 7.32. The number of hydrogen-bond acceptors (Lipinski definition) is 0. The number of hydrogen-bond donors (Lipinski definition) is 0. The Hall–Kier alpha value is -3.52. The molecule has 2 heterocycles. The molecule has 0 amide bonds. The zero-order valence-corrected chi connectivity index (χ0v) is 15.8. The molecule has 0 saturated heterocycles. The van der Waals surface area contributed by atoms with Crippen molar-refractivity contribution in [1.82, 2.24) is 0 Å². The van der Waals surface area contributed by atoms with Gasteiger partial charge >= 0.3 is 0 Å². The monoisotopic (exact) mass is 362 g/mol. The lowest BCUT2D eigenvalue weighted by molar-refractivity contribution is -0.474. The first-order valence-electron chi connectivity index (χ1n) is 9.58. The zero-order valence-electron chi connectivity index (χ0n) is 15.8. The molecule has 2 aliphatic rings. The molecule has 1 aromatic heterocycles. The predicted molar refractivity (Wildman–Crippen MR) is 115 cm³/mol. The fraction of sp³-hybridized carbons (Fsp3) is 0.0769. The summed E-state index contributed by atoms with van der Waals surface area (Å²) in [6.45, 7) is 8.55. The summed E-state index contributed by atoms with van der Waals surface area (Å²) in [6, 6.07) is 17.3. The summed E-state index contributed by atoms with van der Waals surface area (Å²) in [5, 5.41) is 2.47. The van der Waals surface area contributed by atoms with E-state index in [1.807, 2.05) is 8.82 Å². The minimum Gasteiger partial charge on any atom is -0.168 e. The first-order chi connectivity index (χ1) is 13.7. The molecule has 2 nitrogen and oxygen atoms in total. The van der Waals surface area contributed by atoms with Crippen molar-refractivity contribution in [2.45, 2.75) is 12.3 Å². The summed E-state index contributed by atoms with van der Waals surface area (Å²) in [5.41, 5.74) is 6.12. The van der Waals surface area contributed by atoms with Gasteiger partial charge in [-0.15, -0.1) is 0 Å². The Morgan fingerprint density at radius 3 is 2.57 bits per heavy atom. The van der Waals surface area contributed by atoms with Crippen LogP contribution in [0, 0.1) is 6.72 Å². The van der Waals surface area contributed by atoms with E-state index in [2.05, 4.69) is 105 Å². The van der Waals surface area contributed by atoms with Crippen LogP contribution in [0.3, 0.4) is 0 Å². The summed E-state index contributed by atoms with van der Waals surface area (Å²) < 4.78 is 3.95. The molecule has 1 aliphatic heterocycles. The quantitative estimate of drug-likeness (QED) is 0.566. The Labute approximate surface area is 164 Å². The van der Waals surface area contributed by atoms with Crippen LogP contribution in [0.5, 0.6) is 0 Å². The lowest BCUT2D eigenvalue weighted by atomic mass is 9.87. The molecule has 28 heavy (non-hydrogen) atoms. The molecule has 1 unspecified atom stereocenters. The van der Waals surface area contributed by atoms with Crippen molar-refractivity contribution < 1.29 is 8.82 Å². The molecular formula is C26H22N2+2. The predicted octanol–water partition coefficient (Wildman–Crippen LogP) is 4.44. The summed E-state index contributed by atoms with van der Waals surface area (Å²) in [7, 11) is 0. The van der Waals surface area contributed by atoms with Gasteiger partial charge in [-0.2, -0.15) is 8.82 Å². The largest absolute Gasteiger partial charge is 0.290 e. The molecule has 0 N–H and O–H groups in total. The zero-order chi connectivity index (χ0) is 19.1. The van der Waals surface area contributed by atoms with Crippen LogP contribution in [0.4, 0.5) is 5.69 Å². The number of benzene rings is 2. The second kappa shape index (κ2) is 6.58. The first-order valence-corrected chi connectivity index (χ1v) is 9.58. The number of aromatic nitrogens is 1. The molecule has 0 bridgehead atoms. The summed E-state index contributed by atoms with van der Waals surface area (Å²) in [4.78, 5) is 0. The van der Waals surface area contributed by atoms with Crippen molar-refractivity contribution in [2.75, 3.05) is 0 Å². The molecule has 0 radical (unpaired) electrons. The van der Waals surface area contributed by atoms with Crippen molar-refractivity contribution in [1.29, 1.82) is 0 Å². The van der Waals surface area contributed by atoms with E-state index in [4.69, 9.17) is 0 Å². The third-order valence-corrected chi connectivity index (χ3v) is 5.65. The Bertz CT molecular complexity index is 1310. The molecule has 0 fully saturated rings. The van der Waals surface area contributed by atoms with Crippen LogP contribution in [0.25, 0.3) is 16.5 Å². The molecule has 5 rings (SSSR count). The Morgan fingerprint density at radius 2 is 1.79 bits per heavy atom. The average molecular weight is 362 g/mol. The Balaban J connectivity index is 1.85. The van der Waals surface area contributed by atoms with Crippen molar-refractivity contribution in [2.24, 2.45) is 0 Å². The number of allylic oxidation sites excluding steroid dienone is 5. The minimum atomic E-state index is 0.215. The summed E-state index contributed by atoms with van der Waals surface area (Å²) in [5.74, 6) is 0.215. The molecule has 2 aromatic carbocycles. The molecular weight excluding hydrogens is 340 g/mol. The highest BCUT2D eigenvalue weighted by molar-refractivity contribution is 5.89. The van der Waals surface area contributed by atoms with E-state index < -0.39 is 0 Å². The van der Waals surface area contributed by atoms with Crippen molar-refractivity contribution >= 4 is 28.9 Å². The van der Waals surface area contributed by atoms with E-state index in [-0.39, 0.29) is 5.92 Å². The van der Waals surface area contributed by atoms with Crippen LogP contribution in [0.2, 0.25) is 0 Å². The molecule has 1 aliphatic carbocycles. The molecule has 1 atom stereocenters. The molecule has 0 saturated carbocycles. The standard InChI is InChI=1S/C26H22N2/c1-27-17-15-21(19-9-5-3-6-10-19)23-13-14-24-22(20-11-7-4-8-12-20)16-18-28(2)26(24)25(23)27/h3-11,13-18,21H,1-2,12H2/q+2/b22-20-. The third-order valence-electron chi connectivity index (χ3n) is 5.65. The maximum absolute atomic E-state index is 4.27. The molecule has 134 valence electrons. The smallest absolute Gasteiger partial charge is 0.168 e. The van der Waals surface area contributed by atoms with Crippen LogP contribution in [-0.4, -0.2) is 11.3 Å². The van der Waals surface area contributed by atoms with Crippen LogP contribution >= 0.6 is 0 Å². The van der Waals surface area contributed by atoms with Gasteiger partial charge in [-0.25, -0.2) is 0 Å². The highest BCUT2D eigenvalue weighted by Gasteiger charge is 2.31. The van der Waals surface area contributed by atoms with E-state index in [9.17, 15) is 0 Å². The number of rotatable bonds is 1. The van der Waals surface area contributed by atoms with E-state index >= 15 is 0 Å². The normalized spacial score (nSPS) is 19.9. The highest BCUT2D eigenvalue weighted by atomic mass is 15.0. The van der Waals surface area contributed by atoms with E-state index in [1.54, 1.807) is 0 Å². The van der Waals surface area contributed by atoms with Crippen LogP contribution < -0.4 is 9.46 Å². The lowest BCUT2D eigenvalue weighted by Gasteiger charge is -2.18. The van der Waals surface area contributed by atoms with Gasteiger partial charge in [0.1, 0.15) is 13.4 Å². The lowest BCUT2D eigenvalue weighted by Crippen LogP contribution is -2.23. The first kappa shape index (κ1) is 16.6. The summed E-state index contributed by atoms with van der Waals surface area (Å²) >= 11 is 0. The highest BCUT2D eigenvalue weighted by Crippen LogP contribution is 2.39. The van der Waals surface area contributed by atoms with Crippen molar-refractivity contribution in [3.63, 3.8) is 0 Å². The van der Waals surface area contributed by atoms with Crippen LogP contribution in [0.15, 0.2) is 91.3 Å². The van der Waals surface area contributed by atoms with E-state index in [1.165, 1.54) is 27.3 Å². The Morgan fingerprint density at radius 1 is 0.929 bits per heavy atom. The SMILES string of the molecule is C=[N+]1C=CC(c2ccccc2)c2ccc3/c(=C4/C=CC=CC4)cc[n+](=C)c3c21. The van der Waals surface area contributed by atoms with Gasteiger partial charge in [0, 0.05) is 17.5 Å². The minimum absolute atomic E-state index is 0.215. The van der Waals surface area contributed by atoms with Gasteiger partial charge in [-0.1, -0.05) is 60.7 Å². The topological polar surface area (TPSA) is 8.91 Å². The van der Waals surface area contributed by atoms with Gasteiger partial charge in [0.05, 0.1) is 5.39 Å². The molecule has 3 aromatic rings. The van der Waals surface area contributed by atoms with Gasteiger partial charge in [0.25, 0.3) is 11.2 Å². The number of pyridine rings is 1. The fourth-order valence-corrected chi connectivity index (χ4v) is 4.30. The molecule has 2 heteroatoms. The van der Waals surface area contributed by atoms with Crippen LogP contribution in [-0.2, 0) is 0 Å². The van der Waals surface area contributed by atoms with Gasteiger partial charge < -0.3 is 0 Å². The van der Waals surface area contributed by atoms with Gasteiger partial charge in [-0.3, -0.25) is 0 Å². The maximum atomic E-state index is 4.27. The fourth-order valence-electron chi connectivity index (χ4n) is 4.30. The second-order valence-corrected chi connectivity index (χ2v) is 7.32. The van der Waals surface area contributed by atoms with Crippen molar-refractivity contribution in [3.05, 3.63) is 114 Å². The van der Waals surface area contributed by atoms with Gasteiger partial charge in [0.2, 0.25) is 0 Å². The van der Waals surface area contributed by atoms with Gasteiger partial charge in [0.15, 0.2) is 12.4 Å². The third kappa shape index (κ3) is 2.57. The van der Waals surface area contributed by atoms with E-state index in [0.717, 1.165) is 17.6 Å². The number of fused-ring (bicyclic) bond motifs is 3. The average Bonchev–Trinajstić information content (AvgIpc) is 2.75. The maximum Gasteiger partial charge on any atom is 0.290 e. The number of nitrogens with zero attached hydrogens (tertiary/aromatic N) is 2. The Kier molecular flexibility index (Phi) is 3.91. The van der Waals surface area contributed by atoms with Gasteiger partial charge in [-0.05, 0) is 34.9 Å². The summed E-state index contributed by atoms with van der Waals surface area (Å²) in [6.07, 6.45) is 15.9. The molecule has 0 spiro atoms.